The molecule has 0 spiro atoms. The summed E-state index contributed by atoms with van der Waals surface area (Å²) >= 11 is 6.07. The fourth-order valence-electron chi connectivity index (χ4n) is 2.46. The molecule has 0 saturated carbocycles. The predicted octanol–water partition coefficient (Wildman–Crippen LogP) is 1.43. The highest BCUT2D eigenvalue weighted by molar-refractivity contribution is 7.89. The van der Waals surface area contributed by atoms with Crippen LogP contribution in [0.3, 0.4) is 0 Å². The quantitative estimate of drug-likeness (QED) is 0.857. The van der Waals surface area contributed by atoms with Crippen molar-refractivity contribution in [2.45, 2.75) is 30.3 Å². The first kappa shape index (κ1) is 16.7. The summed E-state index contributed by atoms with van der Waals surface area (Å²) in [6.45, 7) is 2.37. The second-order valence-corrected chi connectivity index (χ2v) is 7.60. The maximum absolute atomic E-state index is 12.5. The molecular formula is C14H22ClN3O2S. The van der Waals surface area contributed by atoms with Crippen molar-refractivity contribution in [3.8, 4) is 0 Å². The molecule has 2 rings (SSSR count). The third kappa shape index (κ3) is 4.40. The molecule has 0 atom stereocenters. The van der Waals surface area contributed by atoms with Gasteiger partial charge in [0.15, 0.2) is 0 Å². The van der Waals surface area contributed by atoms with Gasteiger partial charge in [-0.3, -0.25) is 0 Å². The minimum absolute atomic E-state index is 0.00892. The summed E-state index contributed by atoms with van der Waals surface area (Å²) in [4.78, 5) is 2.48. The van der Waals surface area contributed by atoms with Crippen LogP contribution in [0.4, 0.5) is 0 Å². The van der Waals surface area contributed by atoms with Crippen LogP contribution in [0.25, 0.3) is 0 Å². The summed E-state index contributed by atoms with van der Waals surface area (Å²) in [6, 6.07) is 4.83. The zero-order valence-electron chi connectivity index (χ0n) is 12.4. The lowest BCUT2D eigenvalue weighted by molar-refractivity contribution is 0.248. The van der Waals surface area contributed by atoms with E-state index in [4.69, 9.17) is 11.6 Å². The van der Waals surface area contributed by atoms with Crippen LogP contribution in [-0.2, 0) is 16.6 Å². The Hall–Kier alpha value is -0.660. The number of piperidine rings is 1. The number of halogens is 1. The van der Waals surface area contributed by atoms with E-state index >= 15 is 0 Å². The lowest BCUT2D eigenvalue weighted by Gasteiger charge is -2.29. The maximum Gasteiger partial charge on any atom is 0.240 e. The Balaban J connectivity index is 2.13. The van der Waals surface area contributed by atoms with E-state index in [-0.39, 0.29) is 10.9 Å². The molecule has 0 radical (unpaired) electrons. The Bertz CT molecular complexity index is 584. The minimum atomic E-state index is -3.49. The molecule has 1 saturated heterocycles. The van der Waals surface area contributed by atoms with Crippen molar-refractivity contribution < 1.29 is 8.42 Å². The van der Waals surface area contributed by atoms with E-state index in [1.54, 1.807) is 25.2 Å². The van der Waals surface area contributed by atoms with Crippen LogP contribution in [0.1, 0.15) is 18.4 Å². The fraction of sp³-hybridized carbons (Fsp3) is 0.571. The monoisotopic (exact) mass is 331 g/mol. The Morgan fingerprint density at radius 3 is 2.62 bits per heavy atom. The Labute approximate surface area is 131 Å². The molecule has 1 aliphatic rings. The van der Waals surface area contributed by atoms with E-state index in [2.05, 4.69) is 14.9 Å². The smallest absolute Gasteiger partial charge is 0.240 e. The van der Waals surface area contributed by atoms with Crippen molar-refractivity contribution in [1.82, 2.24) is 14.9 Å². The topological polar surface area (TPSA) is 61.4 Å². The van der Waals surface area contributed by atoms with Crippen LogP contribution in [0.2, 0.25) is 5.02 Å². The molecule has 0 aromatic heterocycles. The van der Waals surface area contributed by atoms with Crippen molar-refractivity contribution in [3.05, 3.63) is 28.8 Å². The molecule has 0 bridgehead atoms. The van der Waals surface area contributed by atoms with Crippen LogP contribution in [0.15, 0.2) is 23.1 Å². The SMILES string of the molecule is CNCc1cc(S(=O)(=O)NC2CCN(C)CC2)ccc1Cl. The first-order valence-corrected chi connectivity index (χ1v) is 8.92. The summed E-state index contributed by atoms with van der Waals surface area (Å²) < 4.78 is 27.7. The van der Waals surface area contributed by atoms with Crippen molar-refractivity contribution >= 4 is 21.6 Å². The normalized spacial score (nSPS) is 18.0. The molecule has 2 N–H and O–H groups in total. The van der Waals surface area contributed by atoms with Crippen LogP contribution in [0, 0.1) is 0 Å². The van der Waals surface area contributed by atoms with Gasteiger partial charge in [-0.2, -0.15) is 0 Å². The first-order chi connectivity index (χ1) is 9.92. The van der Waals surface area contributed by atoms with Crippen molar-refractivity contribution in [2.75, 3.05) is 27.2 Å². The van der Waals surface area contributed by atoms with Gasteiger partial charge in [-0.25, -0.2) is 13.1 Å². The molecule has 0 aliphatic carbocycles. The first-order valence-electron chi connectivity index (χ1n) is 7.06. The molecule has 1 aromatic carbocycles. The Kier molecular flexibility index (Phi) is 5.62. The molecular weight excluding hydrogens is 310 g/mol. The number of benzene rings is 1. The fourth-order valence-corrected chi connectivity index (χ4v) is 4.00. The minimum Gasteiger partial charge on any atom is -0.316 e. The van der Waals surface area contributed by atoms with Crippen molar-refractivity contribution in [2.24, 2.45) is 0 Å². The zero-order chi connectivity index (χ0) is 15.5. The summed E-state index contributed by atoms with van der Waals surface area (Å²) in [5, 5.41) is 3.56. The second kappa shape index (κ2) is 7.07. The molecule has 1 fully saturated rings. The van der Waals surface area contributed by atoms with Gasteiger partial charge in [-0.05, 0) is 63.8 Å². The van der Waals surface area contributed by atoms with Crippen molar-refractivity contribution in [1.29, 1.82) is 0 Å². The van der Waals surface area contributed by atoms with Gasteiger partial charge in [0.2, 0.25) is 10.0 Å². The van der Waals surface area contributed by atoms with E-state index in [1.807, 2.05) is 7.05 Å². The van der Waals surface area contributed by atoms with Gasteiger partial charge in [0.25, 0.3) is 0 Å². The zero-order valence-corrected chi connectivity index (χ0v) is 14.0. The highest BCUT2D eigenvalue weighted by atomic mass is 35.5. The van der Waals surface area contributed by atoms with Crippen molar-refractivity contribution in [3.63, 3.8) is 0 Å². The third-order valence-corrected chi connectivity index (χ3v) is 5.62. The molecule has 0 amide bonds. The molecule has 7 heteroatoms. The number of hydrogen-bond acceptors (Lipinski definition) is 4. The molecule has 0 unspecified atom stereocenters. The average Bonchev–Trinajstić information content (AvgIpc) is 2.43. The molecule has 1 heterocycles. The van der Waals surface area contributed by atoms with Gasteiger partial charge in [0.05, 0.1) is 4.90 Å². The van der Waals surface area contributed by atoms with Gasteiger partial charge in [-0.1, -0.05) is 11.6 Å². The molecule has 1 aromatic rings. The predicted molar refractivity (Wildman–Crippen MR) is 85.1 cm³/mol. The maximum atomic E-state index is 12.5. The number of nitrogens with one attached hydrogen (secondary N) is 2. The number of likely N-dealkylation sites (tertiary alicyclic amines) is 1. The highest BCUT2D eigenvalue weighted by Gasteiger charge is 2.23. The van der Waals surface area contributed by atoms with E-state index in [0.717, 1.165) is 31.5 Å². The van der Waals surface area contributed by atoms with Gasteiger partial charge in [0.1, 0.15) is 0 Å². The van der Waals surface area contributed by atoms with Crippen LogP contribution in [-0.4, -0.2) is 46.5 Å². The molecule has 118 valence electrons. The third-order valence-electron chi connectivity index (χ3n) is 3.74. The van der Waals surface area contributed by atoms with E-state index in [9.17, 15) is 8.42 Å². The summed E-state index contributed by atoms with van der Waals surface area (Å²) in [5.41, 5.74) is 0.783. The van der Waals surface area contributed by atoms with Gasteiger partial charge in [-0.15, -0.1) is 0 Å². The number of rotatable bonds is 5. The Morgan fingerprint density at radius 1 is 1.33 bits per heavy atom. The van der Waals surface area contributed by atoms with Gasteiger partial charge >= 0.3 is 0 Å². The standard InChI is InChI=1S/C14H22ClN3O2S/c1-16-10-11-9-13(3-4-14(11)15)21(19,20)17-12-5-7-18(2)8-6-12/h3-4,9,12,16-17H,5-8,10H2,1-2H3. The van der Waals surface area contributed by atoms with E-state index in [1.165, 1.54) is 0 Å². The van der Waals surface area contributed by atoms with Crippen LogP contribution in [0.5, 0.6) is 0 Å². The number of sulfonamides is 1. The van der Waals surface area contributed by atoms with E-state index < -0.39 is 10.0 Å². The van der Waals surface area contributed by atoms with Gasteiger partial charge < -0.3 is 10.2 Å². The molecule has 21 heavy (non-hydrogen) atoms. The summed E-state index contributed by atoms with van der Waals surface area (Å²) in [7, 11) is 0.360. The summed E-state index contributed by atoms with van der Waals surface area (Å²) in [6.07, 6.45) is 1.68. The number of hydrogen-bond donors (Lipinski definition) is 2. The highest BCUT2D eigenvalue weighted by Crippen LogP contribution is 2.21. The second-order valence-electron chi connectivity index (χ2n) is 5.48. The van der Waals surface area contributed by atoms with Crippen LogP contribution >= 0.6 is 11.6 Å². The largest absolute Gasteiger partial charge is 0.316 e. The summed E-state index contributed by atoms with van der Waals surface area (Å²) in [5.74, 6) is 0. The Morgan fingerprint density at radius 2 is 2.00 bits per heavy atom. The number of nitrogens with zero attached hydrogens (tertiary/aromatic N) is 1. The van der Waals surface area contributed by atoms with Gasteiger partial charge in [0, 0.05) is 17.6 Å². The lowest BCUT2D eigenvalue weighted by atomic mass is 10.1. The van der Waals surface area contributed by atoms with Crippen LogP contribution < -0.4 is 10.0 Å². The molecule has 5 nitrogen and oxygen atoms in total. The van der Waals surface area contributed by atoms with E-state index in [0.29, 0.717) is 11.6 Å². The lowest BCUT2D eigenvalue weighted by Crippen LogP contribution is -2.43. The molecule has 1 aliphatic heterocycles. The average molecular weight is 332 g/mol.